The molecule has 31 heavy (non-hydrogen) atoms. The molecule has 0 atom stereocenters. The molecule has 0 unspecified atom stereocenters. The van der Waals surface area contributed by atoms with Gasteiger partial charge in [-0.3, -0.25) is 14.4 Å². The molecule has 1 aliphatic rings. The smallest absolute Gasteiger partial charge is 0.253 e. The van der Waals surface area contributed by atoms with Gasteiger partial charge in [0.25, 0.3) is 5.91 Å². The zero-order valence-electron chi connectivity index (χ0n) is 18.0. The number of fused-ring (bicyclic) bond motifs is 1. The zero-order chi connectivity index (χ0) is 22.4. The lowest BCUT2D eigenvalue weighted by Crippen LogP contribution is -2.43. The van der Waals surface area contributed by atoms with Gasteiger partial charge in [0.1, 0.15) is 12.3 Å². The summed E-state index contributed by atoms with van der Waals surface area (Å²) in [5.41, 5.74) is 2.06. The highest BCUT2D eigenvalue weighted by Gasteiger charge is 2.28. The second kappa shape index (κ2) is 10.3. The van der Waals surface area contributed by atoms with Crippen LogP contribution in [0.1, 0.15) is 29.8 Å². The molecule has 2 aromatic carbocycles. The van der Waals surface area contributed by atoms with Crippen LogP contribution in [0.2, 0.25) is 0 Å². The molecule has 0 spiro atoms. The molecule has 0 fully saturated rings. The first-order valence-corrected chi connectivity index (χ1v) is 11.2. The van der Waals surface area contributed by atoms with E-state index in [1.165, 1.54) is 16.7 Å². The molecule has 0 aliphatic carbocycles. The van der Waals surface area contributed by atoms with Crippen LogP contribution in [0.4, 0.5) is 5.69 Å². The Morgan fingerprint density at radius 2 is 1.84 bits per heavy atom. The average Bonchev–Trinajstić information content (AvgIpc) is 2.80. The Hall–Kier alpha value is -3.00. The van der Waals surface area contributed by atoms with Crippen LogP contribution in [0.15, 0.2) is 47.4 Å². The van der Waals surface area contributed by atoms with E-state index in [1.807, 2.05) is 44.2 Å². The SMILES string of the molecule is CCN(CC)C(=O)c1ccc2c(c1)N(CC(=O)NCc1ccc(OC)cc1)C(=O)CS2. The molecule has 0 saturated carbocycles. The van der Waals surface area contributed by atoms with Crippen molar-refractivity contribution in [1.29, 1.82) is 0 Å². The summed E-state index contributed by atoms with van der Waals surface area (Å²) in [4.78, 5) is 42.0. The summed E-state index contributed by atoms with van der Waals surface area (Å²) in [6.45, 7) is 5.34. The monoisotopic (exact) mass is 441 g/mol. The van der Waals surface area contributed by atoms with Crippen molar-refractivity contribution < 1.29 is 19.1 Å². The summed E-state index contributed by atoms with van der Waals surface area (Å²) in [7, 11) is 1.60. The number of benzene rings is 2. The summed E-state index contributed by atoms with van der Waals surface area (Å²) in [5, 5.41) is 2.85. The van der Waals surface area contributed by atoms with Crippen LogP contribution in [0.25, 0.3) is 0 Å². The van der Waals surface area contributed by atoms with Crippen molar-refractivity contribution in [3.63, 3.8) is 0 Å². The number of amides is 3. The van der Waals surface area contributed by atoms with Gasteiger partial charge in [0, 0.05) is 30.1 Å². The van der Waals surface area contributed by atoms with Crippen LogP contribution in [-0.4, -0.2) is 55.1 Å². The van der Waals surface area contributed by atoms with Crippen molar-refractivity contribution >= 4 is 35.2 Å². The second-order valence-electron chi connectivity index (χ2n) is 7.05. The number of ether oxygens (including phenoxy) is 1. The van der Waals surface area contributed by atoms with Crippen LogP contribution in [-0.2, 0) is 16.1 Å². The minimum Gasteiger partial charge on any atom is -0.497 e. The van der Waals surface area contributed by atoms with E-state index in [0.29, 0.717) is 30.9 Å². The molecule has 3 rings (SSSR count). The molecule has 0 aromatic heterocycles. The molecule has 1 N–H and O–H groups in total. The van der Waals surface area contributed by atoms with Crippen LogP contribution >= 0.6 is 11.8 Å². The summed E-state index contributed by atoms with van der Waals surface area (Å²) in [6, 6.07) is 12.8. The number of hydrogen-bond donors (Lipinski definition) is 1. The summed E-state index contributed by atoms with van der Waals surface area (Å²) in [6.07, 6.45) is 0. The van der Waals surface area contributed by atoms with Gasteiger partial charge < -0.3 is 19.9 Å². The van der Waals surface area contributed by atoms with Gasteiger partial charge in [-0.15, -0.1) is 11.8 Å². The normalized spacial score (nSPS) is 12.9. The maximum Gasteiger partial charge on any atom is 0.253 e. The maximum atomic E-state index is 12.7. The Morgan fingerprint density at radius 1 is 1.13 bits per heavy atom. The van der Waals surface area contributed by atoms with Gasteiger partial charge in [0.05, 0.1) is 18.6 Å². The number of nitrogens with one attached hydrogen (secondary N) is 1. The number of carbonyl (C=O) groups is 3. The van der Waals surface area contributed by atoms with E-state index in [1.54, 1.807) is 24.1 Å². The molecule has 0 saturated heterocycles. The quantitative estimate of drug-likeness (QED) is 0.682. The predicted molar refractivity (Wildman–Crippen MR) is 122 cm³/mol. The van der Waals surface area contributed by atoms with Gasteiger partial charge >= 0.3 is 0 Å². The minimum atomic E-state index is -0.262. The average molecular weight is 442 g/mol. The molecular formula is C23H27N3O4S. The van der Waals surface area contributed by atoms with Crippen molar-refractivity contribution in [2.24, 2.45) is 0 Å². The third-order valence-electron chi connectivity index (χ3n) is 5.15. The first kappa shape index (κ1) is 22.7. The van der Waals surface area contributed by atoms with Gasteiger partial charge in [0.15, 0.2) is 0 Å². The fourth-order valence-electron chi connectivity index (χ4n) is 3.35. The molecule has 164 valence electrons. The van der Waals surface area contributed by atoms with E-state index in [9.17, 15) is 14.4 Å². The fraction of sp³-hybridized carbons (Fsp3) is 0.348. The summed E-state index contributed by atoms with van der Waals surface area (Å²) < 4.78 is 5.14. The highest BCUT2D eigenvalue weighted by atomic mass is 32.2. The van der Waals surface area contributed by atoms with Gasteiger partial charge in [0.2, 0.25) is 11.8 Å². The third kappa shape index (κ3) is 5.38. The van der Waals surface area contributed by atoms with Crippen LogP contribution in [0.3, 0.4) is 0 Å². The summed E-state index contributed by atoms with van der Waals surface area (Å²) >= 11 is 1.42. The van der Waals surface area contributed by atoms with E-state index in [2.05, 4.69) is 5.32 Å². The standard InChI is InChI=1S/C23H27N3O4S/c1-4-25(5-2)23(29)17-8-11-20-19(12-17)26(22(28)15-31-20)14-21(27)24-13-16-6-9-18(30-3)10-7-16/h6-12H,4-5,13-15H2,1-3H3,(H,24,27). The van der Waals surface area contributed by atoms with Crippen LogP contribution in [0.5, 0.6) is 5.75 Å². The van der Waals surface area contributed by atoms with Gasteiger partial charge in [-0.2, -0.15) is 0 Å². The molecule has 2 aromatic rings. The predicted octanol–water partition coefficient (Wildman–Crippen LogP) is 2.93. The Morgan fingerprint density at radius 3 is 2.48 bits per heavy atom. The molecule has 3 amide bonds. The van der Waals surface area contributed by atoms with E-state index in [0.717, 1.165) is 16.2 Å². The van der Waals surface area contributed by atoms with Crippen molar-refractivity contribution in [3.05, 3.63) is 53.6 Å². The lowest BCUT2D eigenvalue weighted by Gasteiger charge is -2.29. The van der Waals surface area contributed by atoms with Crippen LogP contribution in [0, 0.1) is 0 Å². The van der Waals surface area contributed by atoms with Gasteiger partial charge in [-0.05, 0) is 49.7 Å². The first-order valence-electron chi connectivity index (χ1n) is 10.2. The fourth-order valence-corrected chi connectivity index (χ4v) is 4.26. The van der Waals surface area contributed by atoms with Crippen molar-refractivity contribution in [2.75, 3.05) is 37.4 Å². The maximum absolute atomic E-state index is 12.7. The highest BCUT2D eigenvalue weighted by molar-refractivity contribution is 8.00. The van der Waals surface area contributed by atoms with E-state index in [4.69, 9.17) is 4.74 Å². The molecule has 7 nitrogen and oxygen atoms in total. The van der Waals surface area contributed by atoms with Crippen molar-refractivity contribution in [1.82, 2.24) is 10.2 Å². The Balaban J connectivity index is 1.72. The van der Waals surface area contributed by atoms with E-state index >= 15 is 0 Å². The summed E-state index contributed by atoms with van der Waals surface area (Å²) in [5.74, 6) is 0.521. The number of carbonyl (C=O) groups excluding carboxylic acids is 3. The third-order valence-corrected chi connectivity index (χ3v) is 6.20. The van der Waals surface area contributed by atoms with Crippen molar-refractivity contribution in [3.8, 4) is 5.75 Å². The minimum absolute atomic E-state index is 0.0836. The Labute approximate surface area is 186 Å². The number of thioether (sulfide) groups is 1. The van der Waals surface area contributed by atoms with Crippen LogP contribution < -0.4 is 15.0 Å². The largest absolute Gasteiger partial charge is 0.497 e. The first-order chi connectivity index (χ1) is 15.0. The van der Waals surface area contributed by atoms with Gasteiger partial charge in [-0.1, -0.05) is 12.1 Å². The molecule has 1 heterocycles. The zero-order valence-corrected chi connectivity index (χ0v) is 18.8. The number of methoxy groups -OCH3 is 1. The number of rotatable bonds is 8. The van der Waals surface area contributed by atoms with Gasteiger partial charge in [-0.25, -0.2) is 0 Å². The number of anilines is 1. The Kier molecular flexibility index (Phi) is 7.57. The number of hydrogen-bond acceptors (Lipinski definition) is 5. The molecular weight excluding hydrogens is 414 g/mol. The van der Waals surface area contributed by atoms with E-state index < -0.39 is 0 Å². The van der Waals surface area contributed by atoms with E-state index in [-0.39, 0.29) is 30.0 Å². The molecule has 0 bridgehead atoms. The molecule has 0 radical (unpaired) electrons. The molecule has 1 aliphatic heterocycles. The lowest BCUT2D eigenvalue weighted by molar-refractivity contribution is -0.123. The highest BCUT2D eigenvalue weighted by Crippen LogP contribution is 2.36. The second-order valence-corrected chi connectivity index (χ2v) is 8.07. The lowest BCUT2D eigenvalue weighted by atomic mass is 10.1. The topological polar surface area (TPSA) is 79.0 Å². The molecule has 8 heteroatoms. The Bertz CT molecular complexity index is 958. The van der Waals surface area contributed by atoms with Crippen molar-refractivity contribution in [2.45, 2.75) is 25.3 Å². The number of nitrogens with zero attached hydrogens (tertiary/aromatic N) is 2.